The van der Waals surface area contributed by atoms with Gasteiger partial charge in [0.05, 0.1) is 77.5 Å². The first kappa shape index (κ1) is 80.4. The fraction of sp³-hybridized carbons (Fsp3) is 0.412. The van der Waals surface area contributed by atoms with Crippen LogP contribution >= 0.6 is 46.4 Å². The molecule has 6 heterocycles. The number of benzene rings is 4. The Hall–Kier alpha value is -8.94. The molecule has 7 aromatic rings. The predicted octanol–water partition coefficient (Wildman–Crippen LogP) is 12.0. The number of esters is 3. The molecule has 3 aliphatic rings. The minimum atomic E-state index is -3.52. The summed E-state index contributed by atoms with van der Waals surface area (Å²) in [4.78, 5) is 79.3. The Kier molecular flexibility index (Phi) is 26.7. The van der Waals surface area contributed by atoms with Crippen LogP contribution in [0.2, 0.25) is 20.1 Å². The van der Waals surface area contributed by atoms with Crippen molar-refractivity contribution in [2.45, 2.75) is 125 Å². The van der Waals surface area contributed by atoms with Crippen LogP contribution in [0.1, 0.15) is 112 Å². The predicted molar refractivity (Wildman–Crippen MR) is 374 cm³/mol. The summed E-state index contributed by atoms with van der Waals surface area (Å²) >= 11 is 23.9. The summed E-state index contributed by atoms with van der Waals surface area (Å²) in [6.45, 7) is 17.2. The first-order valence-corrected chi connectivity index (χ1v) is 35.1. The molecule has 0 bridgehead atoms. The number of carbonyl (C=O) groups excluding carboxylic acids is 4. The van der Waals surface area contributed by atoms with Crippen LogP contribution in [0.15, 0.2) is 80.7 Å². The first-order chi connectivity index (χ1) is 47.9. The van der Waals surface area contributed by atoms with Gasteiger partial charge in [-0.3, -0.25) is 14.4 Å². The molecule has 0 aliphatic carbocycles. The normalized spacial score (nSPS) is 14.9. The lowest BCUT2D eigenvalue weighted by Gasteiger charge is -2.32. The van der Waals surface area contributed by atoms with Crippen molar-refractivity contribution in [3.05, 3.63) is 136 Å². The number of sulfone groups is 1. The third-order valence-corrected chi connectivity index (χ3v) is 18.1. The molecule has 3 aromatic heterocycles. The summed E-state index contributed by atoms with van der Waals surface area (Å²) in [6, 6.07) is 13.8. The van der Waals surface area contributed by atoms with Gasteiger partial charge in [-0.05, 0) is 133 Å². The van der Waals surface area contributed by atoms with E-state index in [4.69, 9.17) is 80.0 Å². The monoisotopic (exact) mass is 1520 g/mol. The summed E-state index contributed by atoms with van der Waals surface area (Å²) < 4.78 is 99.5. The minimum absolute atomic E-state index is 0.0493. The van der Waals surface area contributed by atoms with Crippen LogP contribution in [0.4, 0.5) is 18.9 Å². The van der Waals surface area contributed by atoms with Gasteiger partial charge < -0.3 is 43.5 Å². The summed E-state index contributed by atoms with van der Waals surface area (Å²) in [7, 11) is -0.722. The number of aryl methyl sites for hydroxylation is 5. The Bertz CT molecular complexity index is 4580. The highest BCUT2D eigenvalue weighted by atomic mass is 35.5. The Labute approximate surface area is 605 Å². The van der Waals surface area contributed by atoms with Gasteiger partial charge in [0, 0.05) is 54.9 Å². The van der Waals surface area contributed by atoms with Crippen LogP contribution in [0.5, 0.6) is 23.4 Å². The van der Waals surface area contributed by atoms with E-state index in [1.807, 2.05) is 20.8 Å². The molecular formula is C68H76Cl4F3N9O17S. The number of hydrogen-bond acceptors (Lipinski definition) is 21. The number of alkyl halides is 2. The number of hydrogen-bond donors (Lipinski definition) is 2. The average molecular weight is 1520 g/mol. The Morgan fingerprint density at radius 1 is 0.814 bits per heavy atom. The lowest BCUT2D eigenvalue weighted by molar-refractivity contribution is -0.148. The summed E-state index contributed by atoms with van der Waals surface area (Å²) in [5.74, 6) is -4.48. The van der Waals surface area contributed by atoms with Crippen LogP contribution in [0.3, 0.4) is 0 Å². The molecule has 2 N–H and O–H groups in total. The van der Waals surface area contributed by atoms with Crippen LogP contribution in [0, 0.1) is 25.1 Å². The Morgan fingerprint density at radius 3 is 2.01 bits per heavy atom. The first-order valence-electron chi connectivity index (χ1n) is 31.7. The number of halogens is 7. The molecule has 102 heavy (non-hydrogen) atoms. The molecular weight excluding hydrogens is 1450 g/mol. The molecule has 1 unspecified atom stereocenters. The van der Waals surface area contributed by atoms with Crippen LogP contribution < -0.4 is 24.8 Å². The van der Waals surface area contributed by atoms with Gasteiger partial charge in [0.25, 0.3) is 5.56 Å². The molecule has 0 radical (unpaired) electrons. The molecule has 550 valence electrons. The zero-order chi connectivity index (χ0) is 75.6. The number of rotatable bonds is 19. The van der Waals surface area contributed by atoms with Gasteiger partial charge in [-0.15, -0.1) is 0 Å². The fourth-order valence-electron chi connectivity index (χ4n) is 10.9. The quantitative estimate of drug-likeness (QED) is 0.0561. The van der Waals surface area contributed by atoms with Crippen LogP contribution in [-0.4, -0.2) is 147 Å². The number of carboxylic acids is 1. The fourth-order valence-corrected chi connectivity index (χ4v) is 12.8. The highest BCUT2D eigenvalue weighted by Gasteiger charge is 2.50. The molecule has 34 heteroatoms. The van der Waals surface area contributed by atoms with Gasteiger partial charge in [-0.1, -0.05) is 83.1 Å². The van der Waals surface area contributed by atoms with Crippen molar-refractivity contribution in [1.29, 1.82) is 0 Å². The second-order valence-electron chi connectivity index (χ2n) is 24.2. The van der Waals surface area contributed by atoms with Gasteiger partial charge in [-0.2, -0.15) is 24.1 Å². The standard InChI is InChI=1S/C23H32N2O4.C16H18Cl2N2O4.C16H17N3O5S.C13H9Cl2F3N2O4/c1-7-16-13-15(3)14-17(8-2)18(16)19-20(26)24-9-11-28-12-10-25(24)21(19)29-22(27)23(4,5)6;1-4-23-14(21)12-9-16(3,15(22)24-5-2)20(19-12)13-7-6-10(17)8-11(13)18;1-9-10(15(20)11-8-17-19(2)16(11)21)4-5-13(25(3,22)23)14(9)12-6-7-24-18-12;1-20-12(24-13(17)18)10(15)11(19-20)5-2-8(23-4-9(21)22)6(14)3-7(5)16/h13-14H,7-12H2,1-6H3;6-8H,4-5,9H2,1-3H3;4-5,8,21H,6-7H2,1-3H3;2-3,13H,4H2,1H3,(H,21,22). The number of ketones is 1. The zero-order valence-corrected chi connectivity index (χ0v) is 61.8. The van der Waals surface area contributed by atoms with E-state index in [1.54, 1.807) is 55.3 Å². The summed E-state index contributed by atoms with van der Waals surface area (Å²) in [5, 5.41) is 36.1. The van der Waals surface area contributed by atoms with Crippen molar-refractivity contribution >= 4 is 103 Å². The number of aliphatic carboxylic acids is 1. The molecule has 3 aliphatic heterocycles. The van der Waals surface area contributed by atoms with E-state index in [9.17, 15) is 55.5 Å². The zero-order valence-electron chi connectivity index (χ0n) is 57.9. The number of carboxylic acid groups (broad SMARTS) is 1. The van der Waals surface area contributed by atoms with Gasteiger partial charge in [0.2, 0.25) is 17.6 Å². The summed E-state index contributed by atoms with van der Waals surface area (Å²) in [5.41, 5.74) is 4.64. The van der Waals surface area contributed by atoms with E-state index in [-0.39, 0.29) is 85.8 Å². The Balaban J connectivity index is 0.000000191. The average Bonchev–Trinajstić information content (AvgIpc) is 1.58. The number of hydrazone groups is 1. The largest absolute Gasteiger partial charge is 0.493 e. The number of aromatic nitrogens is 6. The van der Waals surface area contributed by atoms with Gasteiger partial charge >= 0.3 is 30.5 Å². The van der Waals surface area contributed by atoms with E-state index in [1.165, 1.54) is 47.7 Å². The number of nitrogens with zero attached hydrogens (tertiary/aromatic N) is 9. The van der Waals surface area contributed by atoms with Crippen LogP contribution in [-0.2, 0) is 88.1 Å². The van der Waals surface area contributed by atoms with E-state index in [0.717, 1.165) is 52.6 Å². The molecule has 0 saturated carbocycles. The molecule has 1 atom stereocenters. The number of anilines is 1. The molecule has 4 aromatic carbocycles. The van der Waals surface area contributed by atoms with Crippen molar-refractivity contribution in [1.82, 2.24) is 28.9 Å². The third kappa shape index (κ3) is 18.3. The highest BCUT2D eigenvalue weighted by molar-refractivity contribution is 7.90. The van der Waals surface area contributed by atoms with Gasteiger partial charge in [0.1, 0.15) is 45.7 Å². The number of ether oxygens (including phenoxy) is 6. The van der Waals surface area contributed by atoms with Crippen molar-refractivity contribution in [3.8, 4) is 45.8 Å². The lowest BCUT2D eigenvalue weighted by Crippen LogP contribution is -2.48. The summed E-state index contributed by atoms with van der Waals surface area (Å²) in [6.07, 6.45) is 4.49. The molecule has 0 fully saturated rings. The SMILES string of the molecule is CCOC(=O)C1=NN(c2ccc(Cl)cc2Cl)C(C)(C(=O)OCC)C1.CCc1cc(C)cc(CC)c1-c1c(OC(=O)C(C)(C)C)n2n(c1=O)CCOCC2.Cc1c(C(=O)c2cnn(C)c2O)ccc(S(C)(=O)=O)c1C1=NOCC1.Cn1nc(-c2cc(OCC(=O)O)c(Cl)cc2F)c(Cl)c1OC(F)F. The molecule has 10 rings (SSSR count). The van der Waals surface area contributed by atoms with E-state index in [2.05, 4.69) is 58.1 Å². The maximum atomic E-state index is 14.1. The molecule has 0 amide bonds. The minimum Gasteiger partial charge on any atom is -0.493 e. The van der Waals surface area contributed by atoms with Gasteiger partial charge in [-0.25, -0.2) is 50.9 Å². The molecule has 26 nitrogen and oxygen atoms in total. The highest BCUT2D eigenvalue weighted by Crippen LogP contribution is 2.43. The maximum Gasteiger partial charge on any atom is 0.388 e. The number of carbonyl (C=O) groups is 5. The van der Waals surface area contributed by atoms with E-state index in [0.29, 0.717) is 83.3 Å². The number of aromatic hydroxyl groups is 1. The number of fused-ring (bicyclic) bond motifs is 1. The molecule has 0 spiro atoms. The lowest BCUT2D eigenvalue weighted by atomic mass is 9.91. The van der Waals surface area contributed by atoms with E-state index < -0.39 is 69.4 Å². The number of oxime groups is 1. The van der Waals surface area contributed by atoms with E-state index >= 15 is 0 Å². The maximum absolute atomic E-state index is 14.1. The smallest absolute Gasteiger partial charge is 0.388 e. The van der Waals surface area contributed by atoms with Crippen molar-refractivity contribution in [3.63, 3.8) is 0 Å². The van der Waals surface area contributed by atoms with Crippen molar-refractivity contribution < 1.29 is 89.0 Å². The second-order valence-corrected chi connectivity index (χ2v) is 27.9. The third-order valence-electron chi connectivity index (χ3n) is 15.8. The topological polar surface area (TPSA) is 315 Å². The van der Waals surface area contributed by atoms with Crippen molar-refractivity contribution in [2.24, 2.45) is 29.8 Å². The van der Waals surface area contributed by atoms with Crippen molar-refractivity contribution in [2.75, 3.05) is 50.9 Å². The molecule has 0 saturated heterocycles. The second kappa shape index (κ2) is 33.9. The van der Waals surface area contributed by atoms with Crippen LogP contribution in [0.25, 0.3) is 22.4 Å². The Morgan fingerprint density at radius 2 is 1.46 bits per heavy atom. The van der Waals surface area contributed by atoms with Gasteiger partial charge in [0.15, 0.2) is 27.8 Å².